The van der Waals surface area contributed by atoms with E-state index in [-0.39, 0.29) is 9.83 Å². The normalized spacial score (nSPS) is 14.3. The molecule has 8 heteroatoms. The fourth-order valence-electron chi connectivity index (χ4n) is 2.44. The third-order valence-electron chi connectivity index (χ3n) is 3.58. The van der Waals surface area contributed by atoms with Crippen LogP contribution in [0.3, 0.4) is 0 Å². The third-order valence-corrected chi connectivity index (χ3v) is 4.99. The van der Waals surface area contributed by atoms with Crippen molar-refractivity contribution in [2.24, 2.45) is 4.99 Å². The molecular weight excluding hydrogens is 336 g/mol. The van der Waals surface area contributed by atoms with Gasteiger partial charge in [-0.2, -0.15) is 0 Å². The van der Waals surface area contributed by atoms with Gasteiger partial charge in [-0.05, 0) is 25.2 Å². The second-order valence-electron chi connectivity index (χ2n) is 4.90. The van der Waals surface area contributed by atoms with Crippen LogP contribution in [0.2, 0.25) is 0 Å². The summed E-state index contributed by atoms with van der Waals surface area (Å²) in [5.74, 6) is -1.20. The second-order valence-corrected chi connectivity index (χ2v) is 6.54. The van der Waals surface area contributed by atoms with Crippen LogP contribution in [0.5, 0.6) is 5.88 Å². The van der Waals surface area contributed by atoms with Crippen LogP contribution in [0, 0.1) is 3.95 Å². The van der Waals surface area contributed by atoms with E-state index in [9.17, 15) is 14.7 Å². The summed E-state index contributed by atoms with van der Waals surface area (Å²) in [6, 6.07) is 6.27. The lowest BCUT2D eigenvalue weighted by molar-refractivity contribution is -0.144. The molecule has 6 nitrogen and oxygen atoms in total. The van der Waals surface area contributed by atoms with Gasteiger partial charge in [0.15, 0.2) is 3.95 Å². The minimum atomic E-state index is -0.790. The molecular formula is C15H12N2O4S2. The number of benzene rings is 1. The summed E-state index contributed by atoms with van der Waals surface area (Å²) in [6.07, 6.45) is 0. The maximum absolute atomic E-state index is 12.2. The molecule has 0 aliphatic carbocycles. The molecule has 1 aromatic carbocycles. The number of thiazole rings is 1. The van der Waals surface area contributed by atoms with Crippen molar-refractivity contribution in [2.45, 2.75) is 13.0 Å². The Morgan fingerprint density at radius 2 is 2.13 bits per heavy atom. The van der Waals surface area contributed by atoms with E-state index in [0.29, 0.717) is 21.0 Å². The summed E-state index contributed by atoms with van der Waals surface area (Å²) >= 11 is 6.30. The van der Waals surface area contributed by atoms with Gasteiger partial charge in [-0.25, -0.2) is 9.79 Å². The van der Waals surface area contributed by atoms with Gasteiger partial charge < -0.3 is 9.84 Å². The molecule has 1 amide bonds. The van der Waals surface area contributed by atoms with E-state index in [2.05, 4.69) is 9.73 Å². The number of nitrogens with zero attached hydrogens (tertiary/aromatic N) is 2. The number of esters is 1. The molecule has 0 saturated heterocycles. The predicted molar refractivity (Wildman–Crippen MR) is 86.3 cm³/mol. The zero-order chi connectivity index (χ0) is 16.7. The quantitative estimate of drug-likeness (QED) is 0.663. The lowest BCUT2D eigenvalue weighted by atomic mass is 10.1. The number of carbonyl (C=O) groups is 2. The van der Waals surface area contributed by atoms with Crippen molar-refractivity contribution in [1.82, 2.24) is 4.57 Å². The summed E-state index contributed by atoms with van der Waals surface area (Å²) in [4.78, 5) is 28.2. The number of hydrogen-bond acceptors (Lipinski definition) is 6. The van der Waals surface area contributed by atoms with E-state index < -0.39 is 17.9 Å². The Labute approximate surface area is 140 Å². The Hall–Kier alpha value is -2.32. The highest BCUT2D eigenvalue weighted by atomic mass is 32.1. The van der Waals surface area contributed by atoms with Crippen LogP contribution in [0.25, 0.3) is 5.57 Å². The molecule has 2 heterocycles. The van der Waals surface area contributed by atoms with Crippen LogP contribution in [0.15, 0.2) is 29.3 Å². The van der Waals surface area contributed by atoms with Crippen molar-refractivity contribution in [1.29, 1.82) is 0 Å². The van der Waals surface area contributed by atoms with Crippen molar-refractivity contribution in [3.05, 3.63) is 43.7 Å². The van der Waals surface area contributed by atoms with Crippen molar-refractivity contribution in [3.8, 4) is 5.88 Å². The van der Waals surface area contributed by atoms with Gasteiger partial charge >= 0.3 is 5.97 Å². The number of rotatable bonds is 3. The first kappa shape index (κ1) is 15.6. The Morgan fingerprint density at radius 1 is 1.43 bits per heavy atom. The standard InChI is InChI=1S/C15H12N2O4S2/c1-7(14(20)21-2)17-13(19)11(23-15(17)22)10-8-5-3-4-6-9(8)16-12(10)18/h3-7,19H,1-2H3/t7-/m0/s1. The highest BCUT2D eigenvalue weighted by Gasteiger charge is 2.28. The second kappa shape index (κ2) is 5.71. The van der Waals surface area contributed by atoms with Crippen LogP contribution in [0.4, 0.5) is 0 Å². The summed E-state index contributed by atoms with van der Waals surface area (Å²) in [7, 11) is 1.26. The molecule has 0 bridgehead atoms. The van der Waals surface area contributed by atoms with Gasteiger partial charge in [-0.1, -0.05) is 18.2 Å². The number of methoxy groups -OCH3 is 1. The van der Waals surface area contributed by atoms with Crippen LogP contribution >= 0.6 is 23.6 Å². The van der Waals surface area contributed by atoms with Gasteiger partial charge in [0.2, 0.25) is 5.88 Å². The molecule has 118 valence electrons. The fraction of sp³-hybridized carbons (Fsp3) is 0.200. The Kier molecular flexibility index (Phi) is 3.87. The maximum atomic E-state index is 12.2. The highest BCUT2D eigenvalue weighted by Crippen LogP contribution is 2.35. The monoisotopic (exact) mass is 348 g/mol. The van der Waals surface area contributed by atoms with E-state index in [4.69, 9.17) is 12.2 Å². The Balaban J connectivity index is 2.26. The minimum Gasteiger partial charge on any atom is -0.493 e. The number of aromatic nitrogens is 1. The lowest BCUT2D eigenvalue weighted by Gasteiger charge is -2.12. The van der Waals surface area contributed by atoms with E-state index in [1.807, 2.05) is 0 Å². The zero-order valence-corrected chi connectivity index (χ0v) is 13.9. The fourth-order valence-corrected chi connectivity index (χ4v) is 3.94. The number of carbonyl (C=O) groups excluding carboxylic acids is 2. The first-order chi connectivity index (χ1) is 11.0. The topological polar surface area (TPSA) is 80.9 Å². The number of ether oxygens (including phenoxy) is 1. The number of para-hydroxylation sites is 1. The average Bonchev–Trinajstić information content (AvgIpc) is 3.01. The first-order valence-electron chi connectivity index (χ1n) is 6.70. The van der Waals surface area contributed by atoms with E-state index in [0.717, 1.165) is 11.3 Å². The molecule has 0 unspecified atom stereocenters. The molecule has 3 rings (SSSR count). The van der Waals surface area contributed by atoms with E-state index >= 15 is 0 Å². The summed E-state index contributed by atoms with van der Waals surface area (Å²) in [5.41, 5.74) is 0.296. The number of hydrogen-bond donors (Lipinski definition) is 1. The maximum Gasteiger partial charge on any atom is 0.328 e. The van der Waals surface area contributed by atoms with Crippen LogP contribution in [-0.4, -0.2) is 28.7 Å². The smallest absolute Gasteiger partial charge is 0.328 e. The van der Waals surface area contributed by atoms with Crippen LogP contribution in [-0.2, 0) is 14.3 Å². The molecule has 0 fully saturated rings. The molecule has 1 aromatic heterocycles. The van der Waals surface area contributed by atoms with Gasteiger partial charge in [-0.3, -0.25) is 9.36 Å². The Bertz CT molecular complexity index is 1000. The molecule has 0 spiro atoms. The zero-order valence-electron chi connectivity index (χ0n) is 12.3. The predicted octanol–water partition coefficient (Wildman–Crippen LogP) is 1.08. The number of amides is 1. The van der Waals surface area contributed by atoms with Crippen molar-refractivity contribution >= 4 is 41.0 Å². The molecule has 23 heavy (non-hydrogen) atoms. The highest BCUT2D eigenvalue weighted by molar-refractivity contribution is 7.73. The molecule has 1 atom stereocenters. The van der Waals surface area contributed by atoms with Gasteiger partial charge in [0.05, 0.1) is 18.0 Å². The molecule has 1 aliphatic rings. The van der Waals surface area contributed by atoms with Crippen molar-refractivity contribution < 1.29 is 19.4 Å². The largest absolute Gasteiger partial charge is 0.493 e. The van der Waals surface area contributed by atoms with Gasteiger partial charge in [0.25, 0.3) is 5.91 Å². The SMILES string of the molecule is COC(=O)[C@H](C)n1c(O)c(C2=c3ccccc3=NC2=O)sc1=S. The van der Waals surface area contributed by atoms with E-state index in [1.54, 1.807) is 31.2 Å². The van der Waals surface area contributed by atoms with Crippen molar-refractivity contribution in [3.63, 3.8) is 0 Å². The molecule has 1 N–H and O–H groups in total. The summed E-state index contributed by atoms with van der Waals surface area (Å²) < 4.78 is 6.24. The first-order valence-corrected chi connectivity index (χ1v) is 7.93. The van der Waals surface area contributed by atoms with Gasteiger partial charge in [0.1, 0.15) is 10.9 Å². The molecule has 0 saturated carbocycles. The average molecular weight is 348 g/mol. The van der Waals surface area contributed by atoms with Gasteiger partial charge in [0, 0.05) is 5.22 Å². The van der Waals surface area contributed by atoms with E-state index in [1.165, 1.54) is 11.7 Å². The molecule has 0 radical (unpaired) electrons. The lowest BCUT2D eigenvalue weighted by Crippen LogP contribution is -2.22. The molecule has 1 aliphatic heterocycles. The Morgan fingerprint density at radius 3 is 2.83 bits per heavy atom. The third kappa shape index (κ3) is 2.40. The minimum absolute atomic E-state index is 0.229. The van der Waals surface area contributed by atoms with Gasteiger partial charge in [-0.15, -0.1) is 11.3 Å². The summed E-state index contributed by atoms with van der Waals surface area (Å²) in [6.45, 7) is 1.57. The van der Waals surface area contributed by atoms with Crippen molar-refractivity contribution in [2.75, 3.05) is 7.11 Å². The summed E-state index contributed by atoms with van der Waals surface area (Å²) in [5, 5.41) is 11.7. The van der Waals surface area contributed by atoms with Crippen LogP contribution in [0.1, 0.15) is 17.8 Å². The number of aromatic hydroxyl groups is 1. The van der Waals surface area contributed by atoms with Crippen LogP contribution < -0.4 is 10.6 Å². The molecule has 2 aromatic rings. The number of fused-ring (bicyclic) bond motifs is 1.